The molecule has 13 unspecified atom stereocenters. The minimum atomic E-state index is -1.83. The third-order valence-electron chi connectivity index (χ3n) is 16.4. The van der Waals surface area contributed by atoms with E-state index in [9.17, 15) is 33.9 Å². The van der Waals surface area contributed by atoms with Crippen LogP contribution in [0, 0.1) is 64.1 Å². The van der Waals surface area contributed by atoms with Gasteiger partial charge in [-0.1, -0.05) is 58.7 Å². The second-order valence-corrected chi connectivity index (χ2v) is 42.1. The fourth-order valence-corrected chi connectivity index (χ4v) is 46.5. The monoisotopic (exact) mass is 995 g/mol. The number of hydrogen-bond donors (Lipinski definition) is 1. The average molecular weight is 996 g/mol. The SMILES string of the molecule is CCC(C)C(=O)OC(C)(C)CCC(C)(C)OC(=O)C(CC)CC(C)(CC(C)(C(=O)OC(C)(C)C)C1C(=O)OC(=O)C1C1C2CC(CO[Si]3(C)C[SiH](C)C[SiH](C)C[SiH](C)C3)C(C2)C1C)C(=O)O. The number of rotatable bonds is 20. The van der Waals surface area contributed by atoms with Crippen LogP contribution in [0.4, 0.5) is 0 Å². The first-order valence-electron chi connectivity index (χ1n) is 25.5. The molecule has 16 heteroatoms. The highest BCUT2D eigenvalue weighted by atomic mass is 28.4. The maximum absolute atomic E-state index is 14.7. The summed E-state index contributed by atoms with van der Waals surface area (Å²) in [6.07, 6.45) is 2.93. The lowest BCUT2D eigenvalue weighted by molar-refractivity contribution is -0.181. The van der Waals surface area contributed by atoms with E-state index in [4.69, 9.17) is 23.4 Å². The molecule has 1 N–H and O–H groups in total. The number of cyclic esters (lactones) is 2. The Hall–Kier alpha value is -2.15. The van der Waals surface area contributed by atoms with Gasteiger partial charge in [0.25, 0.3) is 0 Å². The molecule has 4 rings (SSSR count). The zero-order valence-electron chi connectivity index (χ0n) is 44.1. The normalized spacial score (nSPS) is 33.4. The van der Waals surface area contributed by atoms with Crippen LogP contribution in [-0.2, 0) is 52.1 Å². The van der Waals surface area contributed by atoms with Gasteiger partial charge in [-0.2, -0.15) is 0 Å². The molecule has 0 aromatic rings. The minimum absolute atomic E-state index is 0.0532. The summed E-state index contributed by atoms with van der Waals surface area (Å²) in [7, 11) is -3.98. The summed E-state index contributed by atoms with van der Waals surface area (Å²) in [5, 5.41) is 11.1. The van der Waals surface area contributed by atoms with Crippen molar-refractivity contribution in [2.75, 3.05) is 6.61 Å². The van der Waals surface area contributed by atoms with Gasteiger partial charge in [-0.3, -0.25) is 28.8 Å². The van der Waals surface area contributed by atoms with Crippen molar-refractivity contribution >= 4 is 70.5 Å². The zero-order valence-corrected chi connectivity index (χ0v) is 48.5. The third kappa shape index (κ3) is 13.8. The fourth-order valence-electron chi connectivity index (χ4n) is 13.1. The molecule has 4 fully saturated rings. The highest BCUT2D eigenvalue weighted by Crippen LogP contribution is 2.62. The van der Waals surface area contributed by atoms with Crippen LogP contribution in [0.5, 0.6) is 0 Å². The predicted molar refractivity (Wildman–Crippen MR) is 268 cm³/mol. The molecule has 4 aliphatic rings. The number of aliphatic carboxylic acids is 1. The number of carboxylic acid groups (broad SMARTS) is 1. The van der Waals surface area contributed by atoms with Crippen molar-refractivity contribution < 1.29 is 57.2 Å². The first-order chi connectivity index (χ1) is 30.2. The Balaban J connectivity index is 1.58. The van der Waals surface area contributed by atoms with Crippen LogP contribution in [0.25, 0.3) is 0 Å². The standard InChI is InChI=1S/C50H90O12Si4/c1-18-31(3)40(51)60-47(8,9)20-21-48(10,11)61-41(52)33(19-2)24-49(12,44(55)56)26-50(13,45(57)62-46(5,6)7)39-38(42(53)59-43(39)54)37-32(4)36-23-34(37)22-35(36)25-58-66(17)29-64(15)27-63(14)28-65(16)30-66/h31-39,63-65H,18-30H2,1-17H3,(H,55,56). The van der Waals surface area contributed by atoms with Gasteiger partial charge in [-0.05, 0) is 161 Å². The lowest BCUT2D eigenvalue weighted by Gasteiger charge is -2.44. The highest BCUT2D eigenvalue weighted by molar-refractivity contribution is 6.98. The number of carbonyl (C=O) groups is 6. The van der Waals surface area contributed by atoms with E-state index >= 15 is 0 Å². The molecule has 13 atom stereocenters. The number of hydrogen-bond acceptors (Lipinski definition) is 11. The summed E-state index contributed by atoms with van der Waals surface area (Å²) in [6, 6.07) is 0. The molecule has 2 saturated heterocycles. The van der Waals surface area contributed by atoms with E-state index < -0.39 is 110 Å². The smallest absolute Gasteiger partial charge is 0.318 e. The summed E-state index contributed by atoms with van der Waals surface area (Å²) >= 11 is 0. The van der Waals surface area contributed by atoms with Gasteiger partial charge < -0.3 is 28.5 Å². The second kappa shape index (κ2) is 21.5. The Bertz CT molecular complexity index is 1760. The van der Waals surface area contributed by atoms with E-state index in [0.717, 1.165) is 19.4 Å². The molecule has 2 aliphatic carbocycles. The van der Waals surface area contributed by atoms with Gasteiger partial charge >= 0.3 is 35.8 Å². The molecule has 2 bridgehead atoms. The van der Waals surface area contributed by atoms with Gasteiger partial charge in [0, 0.05) is 33.0 Å². The van der Waals surface area contributed by atoms with Gasteiger partial charge in [-0.15, -0.1) is 0 Å². The fraction of sp³-hybridized carbons (Fsp3) is 0.880. The van der Waals surface area contributed by atoms with Crippen molar-refractivity contribution in [3.05, 3.63) is 0 Å². The topological polar surface area (TPSA) is 169 Å². The first kappa shape index (κ1) is 56.4. The second-order valence-electron chi connectivity index (χ2n) is 25.2. The molecule has 2 aliphatic heterocycles. The number of ether oxygens (including phenoxy) is 4. The number of esters is 5. The first-order valence-corrected chi connectivity index (χ1v) is 36.7. The zero-order chi connectivity index (χ0) is 50.1. The van der Waals surface area contributed by atoms with Crippen LogP contribution < -0.4 is 0 Å². The molecule has 0 radical (unpaired) electrons. The quantitative estimate of drug-likeness (QED) is 0.0532. The molecule has 0 aromatic heterocycles. The molecule has 0 spiro atoms. The summed E-state index contributed by atoms with van der Waals surface area (Å²) < 4.78 is 30.6. The molecule has 66 heavy (non-hydrogen) atoms. The van der Waals surface area contributed by atoms with Crippen LogP contribution in [0.2, 0.25) is 48.9 Å². The van der Waals surface area contributed by atoms with E-state index in [1.807, 2.05) is 27.7 Å². The summed E-state index contributed by atoms with van der Waals surface area (Å²) in [5.41, 5.74) is -0.492. The lowest BCUT2D eigenvalue weighted by Crippen LogP contribution is -2.52. The Morgan fingerprint density at radius 1 is 0.803 bits per heavy atom. The Labute approximate surface area is 403 Å². The van der Waals surface area contributed by atoms with E-state index in [1.165, 1.54) is 18.3 Å². The Morgan fingerprint density at radius 3 is 1.83 bits per heavy atom. The summed E-state index contributed by atoms with van der Waals surface area (Å²) in [5.74, 6) is -7.12. The van der Waals surface area contributed by atoms with Crippen molar-refractivity contribution in [1.29, 1.82) is 0 Å². The summed E-state index contributed by atoms with van der Waals surface area (Å²) in [4.78, 5) is 83.2. The maximum atomic E-state index is 14.7. The molecule has 378 valence electrons. The predicted octanol–water partition coefficient (Wildman–Crippen LogP) is 9.26. The molecule has 0 aromatic carbocycles. The van der Waals surface area contributed by atoms with E-state index in [2.05, 4.69) is 33.1 Å². The van der Waals surface area contributed by atoms with Crippen molar-refractivity contribution in [3.63, 3.8) is 0 Å². The Morgan fingerprint density at radius 2 is 1.35 bits per heavy atom. The number of fused-ring (bicyclic) bond motifs is 2. The van der Waals surface area contributed by atoms with E-state index in [1.54, 1.807) is 59.8 Å². The molecule has 2 saturated carbocycles. The van der Waals surface area contributed by atoms with Gasteiger partial charge in [0.15, 0.2) is 8.32 Å². The number of carboxylic acids is 1. The van der Waals surface area contributed by atoms with Gasteiger partial charge in [-0.25, -0.2) is 0 Å². The minimum Gasteiger partial charge on any atom is -0.481 e. The van der Waals surface area contributed by atoms with Crippen LogP contribution in [0.1, 0.15) is 141 Å². The molecule has 2 heterocycles. The van der Waals surface area contributed by atoms with Gasteiger partial charge in [0.2, 0.25) is 0 Å². The van der Waals surface area contributed by atoms with Crippen LogP contribution in [0.3, 0.4) is 0 Å². The maximum Gasteiger partial charge on any atom is 0.318 e. The summed E-state index contributed by atoms with van der Waals surface area (Å²) in [6.45, 7) is 34.1. The van der Waals surface area contributed by atoms with Crippen molar-refractivity contribution in [1.82, 2.24) is 0 Å². The molecule has 0 amide bonds. The molecular formula is C50H90O12Si4. The Kier molecular flexibility index (Phi) is 18.3. The van der Waals surface area contributed by atoms with Crippen molar-refractivity contribution in [3.8, 4) is 0 Å². The van der Waals surface area contributed by atoms with Gasteiger partial charge in [0.05, 0.1) is 34.5 Å². The van der Waals surface area contributed by atoms with Crippen molar-refractivity contribution in [2.45, 2.75) is 207 Å². The lowest BCUT2D eigenvalue weighted by atomic mass is 9.57. The van der Waals surface area contributed by atoms with Crippen LogP contribution in [0.15, 0.2) is 0 Å². The van der Waals surface area contributed by atoms with Gasteiger partial charge in [0.1, 0.15) is 16.8 Å². The van der Waals surface area contributed by atoms with Crippen LogP contribution in [-0.4, -0.2) is 99.0 Å². The third-order valence-corrected chi connectivity index (χ3v) is 42.6. The molecule has 12 nitrogen and oxygen atoms in total. The van der Waals surface area contributed by atoms with Crippen LogP contribution >= 0.6 is 0 Å². The van der Waals surface area contributed by atoms with E-state index in [0.29, 0.717) is 31.1 Å². The number of carbonyl (C=O) groups excluding carboxylic acids is 5. The largest absolute Gasteiger partial charge is 0.481 e. The van der Waals surface area contributed by atoms with Crippen molar-refractivity contribution in [2.24, 2.45) is 64.1 Å². The van der Waals surface area contributed by atoms with E-state index in [-0.39, 0.29) is 48.9 Å². The highest BCUT2D eigenvalue weighted by Gasteiger charge is 2.66. The average Bonchev–Trinajstić information content (AvgIpc) is 3.82. The molecular weight excluding hydrogens is 905 g/mol.